The number of fused-ring (bicyclic) bond motifs is 4. The van der Waals surface area contributed by atoms with Crippen LogP contribution in [0, 0.1) is 0 Å². The van der Waals surface area contributed by atoms with E-state index in [1.807, 2.05) is 60.4 Å². The minimum atomic E-state index is 0.00643. The molecule has 0 spiro atoms. The number of aromatic nitrogens is 4. The van der Waals surface area contributed by atoms with Crippen molar-refractivity contribution >= 4 is 5.91 Å². The molecule has 1 saturated heterocycles. The van der Waals surface area contributed by atoms with Gasteiger partial charge in [-0.3, -0.25) is 9.48 Å². The standard InChI is InChI=1S/C26H25N5O/c1-29-25(18-9-4-2-5-10-18)21-17-20-13-8-14-23(24(21)28-29)31(20)26(32)22-15-16-30(27-22)19-11-6-3-7-12-19/h2-7,9-12,15-16,20,23H,8,13-14,17H2,1H3/t20-,23+/m1/s1. The summed E-state index contributed by atoms with van der Waals surface area (Å²) in [7, 11) is 2.01. The van der Waals surface area contributed by atoms with Crippen molar-refractivity contribution in [2.45, 2.75) is 37.8 Å². The maximum atomic E-state index is 13.6. The number of rotatable bonds is 3. The van der Waals surface area contributed by atoms with Crippen LogP contribution in [0.4, 0.5) is 0 Å². The van der Waals surface area contributed by atoms with E-state index in [0.717, 1.165) is 37.1 Å². The van der Waals surface area contributed by atoms with Crippen LogP contribution in [-0.2, 0) is 13.5 Å². The van der Waals surface area contributed by atoms with Gasteiger partial charge in [0.25, 0.3) is 5.91 Å². The number of carbonyl (C=O) groups is 1. The maximum Gasteiger partial charge on any atom is 0.275 e. The molecule has 4 aromatic rings. The lowest BCUT2D eigenvalue weighted by atomic mass is 9.81. The van der Waals surface area contributed by atoms with E-state index >= 15 is 0 Å². The Bertz CT molecular complexity index is 1270. The fourth-order valence-corrected chi connectivity index (χ4v) is 5.40. The van der Waals surface area contributed by atoms with Crippen molar-refractivity contribution in [2.24, 2.45) is 7.05 Å². The van der Waals surface area contributed by atoms with Crippen molar-refractivity contribution in [3.8, 4) is 16.9 Å². The average Bonchev–Trinajstić information content (AvgIpc) is 3.44. The Morgan fingerprint density at radius 2 is 1.69 bits per heavy atom. The van der Waals surface area contributed by atoms with Gasteiger partial charge in [-0.15, -0.1) is 0 Å². The second-order valence-corrected chi connectivity index (χ2v) is 8.70. The number of nitrogens with zero attached hydrogens (tertiary/aromatic N) is 5. The molecular formula is C26H25N5O. The fourth-order valence-electron chi connectivity index (χ4n) is 5.40. The molecule has 6 rings (SSSR count). The van der Waals surface area contributed by atoms with E-state index in [1.165, 1.54) is 16.8 Å². The Labute approximate surface area is 187 Å². The lowest BCUT2D eigenvalue weighted by Gasteiger charge is -2.45. The first-order valence-electron chi connectivity index (χ1n) is 11.3. The zero-order chi connectivity index (χ0) is 21.7. The summed E-state index contributed by atoms with van der Waals surface area (Å²) in [6.45, 7) is 0. The highest BCUT2D eigenvalue weighted by molar-refractivity contribution is 5.93. The topological polar surface area (TPSA) is 56.0 Å². The monoisotopic (exact) mass is 423 g/mol. The molecule has 2 aliphatic rings. The molecule has 32 heavy (non-hydrogen) atoms. The second kappa shape index (κ2) is 7.48. The van der Waals surface area contributed by atoms with Gasteiger partial charge in [-0.05, 0) is 43.9 Å². The summed E-state index contributed by atoms with van der Waals surface area (Å²) in [5, 5.41) is 9.53. The number of carbonyl (C=O) groups excluding carboxylic acids is 1. The molecule has 4 heterocycles. The summed E-state index contributed by atoms with van der Waals surface area (Å²) in [4.78, 5) is 15.7. The molecule has 2 aromatic carbocycles. The zero-order valence-electron chi connectivity index (χ0n) is 18.1. The Hall–Kier alpha value is -3.67. The van der Waals surface area contributed by atoms with E-state index in [1.54, 1.807) is 4.68 Å². The lowest BCUT2D eigenvalue weighted by molar-refractivity contribution is 0.0385. The molecule has 1 fully saturated rings. The van der Waals surface area contributed by atoms with Crippen molar-refractivity contribution < 1.29 is 4.79 Å². The zero-order valence-corrected chi connectivity index (χ0v) is 18.1. The van der Waals surface area contributed by atoms with Crippen LogP contribution >= 0.6 is 0 Å². The Morgan fingerprint density at radius 1 is 0.938 bits per heavy atom. The van der Waals surface area contributed by atoms with Crippen molar-refractivity contribution in [1.82, 2.24) is 24.5 Å². The van der Waals surface area contributed by atoms with Gasteiger partial charge in [0.15, 0.2) is 5.69 Å². The number of hydrogen-bond acceptors (Lipinski definition) is 3. The molecule has 1 amide bonds. The van der Waals surface area contributed by atoms with Gasteiger partial charge in [-0.25, -0.2) is 4.68 Å². The molecule has 0 N–H and O–H groups in total. The van der Waals surface area contributed by atoms with Crippen LogP contribution in [-0.4, -0.2) is 36.4 Å². The van der Waals surface area contributed by atoms with Gasteiger partial charge < -0.3 is 4.90 Å². The number of amides is 1. The van der Waals surface area contributed by atoms with Gasteiger partial charge in [0.05, 0.1) is 23.1 Å². The maximum absolute atomic E-state index is 13.6. The molecule has 2 atom stereocenters. The number of para-hydroxylation sites is 1. The second-order valence-electron chi connectivity index (χ2n) is 8.70. The smallest absolute Gasteiger partial charge is 0.275 e. The first-order chi connectivity index (χ1) is 15.7. The number of hydrogen-bond donors (Lipinski definition) is 0. The van der Waals surface area contributed by atoms with Crippen LogP contribution < -0.4 is 0 Å². The average molecular weight is 424 g/mol. The molecule has 6 heteroatoms. The summed E-state index contributed by atoms with van der Waals surface area (Å²) >= 11 is 0. The quantitative estimate of drug-likeness (QED) is 0.485. The van der Waals surface area contributed by atoms with Crippen molar-refractivity contribution in [3.05, 3.63) is 89.9 Å². The largest absolute Gasteiger partial charge is 0.325 e. The Kier molecular flexibility index (Phi) is 4.45. The SMILES string of the molecule is Cn1nc2c(c1-c1ccccc1)C[C@H]1CCC[C@@H]2N1C(=O)c1ccn(-c2ccccc2)n1. The summed E-state index contributed by atoms with van der Waals surface area (Å²) in [5.41, 5.74) is 6.16. The highest BCUT2D eigenvalue weighted by atomic mass is 16.2. The van der Waals surface area contributed by atoms with Crippen LogP contribution in [0.15, 0.2) is 72.9 Å². The molecule has 0 aliphatic carbocycles. The van der Waals surface area contributed by atoms with Gasteiger partial charge >= 0.3 is 0 Å². The molecule has 160 valence electrons. The van der Waals surface area contributed by atoms with Crippen LogP contribution in [0.3, 0.4) is 0 Å². The van der Waals surface area contributed by atoms with E-state index in [2.05, 4.69) is 34.3 Å². The summed E-state index contributed by atoms with van der Waals surface area (Å²) in [6, 6.07) is 22.4. The first-order valence-corrected chi connectivity index (χ1v) is 11.3. The Morgan fingerprint density at radius 3 is 2.47 bits per heavy atom. The highest BCUT2D eigenvalue weighted by Crippen LogP contribution is 2.44. The van der Waals surface area contributed by atoms with Crippen LogP contribution in [0.2, 0.25) is 0 Å². The van der Waals surface area contributed by atoms with Gasteiger partial charge in [0.1, 0.15) is 0 Å². The highest BCUT2D eigenvalue weighted by Gasteiger charge is 2.44. The number of benzene rings is 2. The van der Waals surface area contributed by atoms with E-state index in [0.29, 0.717) is 5.69 Å². The number of aryl methyl sites for hydroxylation is 1. The molecule has 0 radical (unpaired) electrons. The molecule has 2 aliphatic heterocycles. The Balaban J connectivity index is 1.37. The van der Waals surface area contributed by atoms with Gasteiger partial charge in [-0.2, -0.15) is 10.2 Å². The van der Waals surface area contributed by atoms with Crippen LogP contribution in [0.25, 0.3) is 16.9 Å². The molecule has 2 bridgehead atoms. The molecule has 0 unspecified atom stereocenters. The summed E-state index contributed by atoms with van der Waals surface area (Å²) in [6.07, 6.45) is 5.79. The predicted octanol–water partition coefficient (Wildman–Crippen LogP) is 4.56. The summed E-state index contributed by atoms with van der Waals surface area (Å²) < 4.78 is 3.76. The van der Waals surface area contributed by atoms with Crippen molar-refractivity contribution in [3.63, 3.8) is 0 Å². The molecular weight excluding hydrogens is 398 g/mol. The van der Waals surface area contributed by atoms with E-state index < -0.39 is 0 Å². The van der Waals surface area contributed by atoms with Gasteiger partial charge in [-0.1, -0.05) is 48.5 Å². The van der Waals surface area contributed by atoms with Crippen LogP contribution in [0.1, 0.15) is 47.1 Å². The van der Waals surface area contributed by atoms with Gasteiger partial charge in [0.2, 0.25) is 0 Å². The normalized spacial score (nSPS) is 19.6. The van der Waals surface area contributed by atoms with Crippen molar-refractivity contribution in [1.29, 1.82) is 0 Å². The third-order valence-electron chi connectivity index (χ3n) is 6.79. The molecule has 2 aromatic heterocycles. The predicted molar refractivity (Wildman–Crippen MR) is 122 cm³/mol. The van der Waals surface area contributed by atoms with Crippen molar-refractivity contribution in [2.75, 3.05) is 0 Å². The molecule has 6 nitrogen and oxygen atoms in total. The first kappa shape index (κ1) is 19.0. The minimum absolute atomic E-state index is 0.00643. The molecule has 0 saturated carbocycles. The minimum Gasteiger partial charge on any atom is -0.325 e. The fraction of sp³-hybridized carbons (Fsp3) is 0.269. The summed E-state index contributed by atoms with van der Waals surface area (Å²) in [5.74, 6) is 0.00643. The number of piperidine rings is 1. The lowest BCUT2D eigenvalue weighted by Crippen LogP contribution is -2.50. The third-order valence-corrected chi connectivity index (χ3v) is 6.79. The van der Waals surface area contributed by atoms with E-state index in [9.17, 15) is 4.79 Å². The van der Waals surface area contributed by atoms with E-state index in [4.69, 9.17) is 5.10 Å². The van der Waals surface area contributed by atoms with E-state index in [-0.39, 0.29) is 18.0 Å². The van der Waals surface area contributed by atoms with Gasteiger partial charge in [0, 0.05) is 30.4 Å². The third kappa shape index (κ3) is 2.98. The van der Waals surface area contributed by atoms with Crippen LogP contribution in [0.5, 0.6) is 0 Å².